The lowest BCUT2D eigenvalue weighted by molar-refractivity contribution is 0.0596. The lowest BCUT2D eigenvalue weighted by atomic mass is 10.1. The van der Waals surface area contributed by atoms with E-state index >= 15 is 0 Å². The summed E-state index contributed by atoms with van der Waals surface area (Å²) >= 11 is 0. The Balaban J connectivity index is 2.37. The minimum Gasteiger partial charge on any atom is -0.465 e. The van der Waals surface area contributed by atoms with Crippen molar-refractivity contribution < 1.29 is 17.9 Å². The van der Waals surface area contributed by atoms with E-state index in [0.717, 1.165) is 19.3 Å². The van der Waals surface area contributed by atoms with Crippen molar-refractivity contribution in [3.05, 3.63) is 23.8 Å². The molecule has 1 aliphatic carbocycles. The van der Waals surface area contributed by atoms with E-state index in [2.05, 4.69) is 9.46 Å². The molecule has 1 fully saturated rings. The van der Waals surface area contributed by atoms with Gasteiger partial charge in [-0.2, -0.15) is 0 Å². The molecule has 2 rings (SSSR count). The van der Waals surface area contributed by atoms with Crippen molar-refractivity contribution in [2.75, 3.05) is 12.8 Å². The molecule has 6 nitrogen and oxygen atoms in total. The molecule has 0 aromatic heterocycles. The Hall–Kier alpha value is -1.60. The van der Waals surface area contributed by atoms with Crippen LogP contribution in [0.1, 0.15) is 36.5 Å². The molecule has 1 aromatic carbocycles. The van der Waals surface area contributed by atoms with Crippen LogP contribution in [0.25, 0.3) is 0 Å². The number of nitrogens with two attached hydrogens (primary N) is 1. The fraction of sp³-hybridized carbons (Fsp3) is 0.500. The topological polar surface area (TPSA) is 98.5 Å². The van der Waals surface area contributed by atoms with Gasteiger partial charge in [0.25, 0.3) is 0 Å². The molecule has 3 N–H and O–H groups in total. The Morgan fingerprint density at radius 2 is 2.10 bits per heavy atom. The minimum absolute atomic E-state index is 0.0457. The number of anilines is 1. The molecule has 0 bridgehead atoms. The zero-order valence-corrected chi connectivity index (χ0v) is 12.9. The molecule has 1 aromatic rings. The van der Waals surface area contributed by atoms with E-state index in [1.54, 1.807) is 0 Å². The largest absolute Gasteiger partial charge is 0.465 e. The number of methoxy groups -OCH3 is 1. The van der Waals surface area contributed by atoms with Gasteiger partial charge in [0.1, 0.15) is 0 Å². The number of hydrogen-bond acceptors (Lipinski definition) is 5. The van der Waals surface area contributed by atoms with Gasteiger partial charge in [0.05, 0.1) is 17.6 Å². The van der Waals surface area contributed by atoms with Crippen LogP contribution in [0.3, 0.4) is 0 Å². The summed E-state index contributed by atoms with van der Waals surface area (Å²) in [5.74, 6) is -0.433. The summed E-state index contributed by atoms with van der Waals surface area (Å²) in [6.07, 6.45) is 2.81. The zero-order valence-electron chi connectivity index (χ0n) is 12.1. The molecule has 0 spiro atoms. The average molecular weight is 312 g/mol. The van der Waals surface area contributed by atoms with Crippen LogP contribution in [0.15, 0.2) is 23.1 Å². The van der Waals surface area contributed by atoms with Crippen LogP contribution in [0, 0.1) is 5.92 Å². The van der Waals surface area contributed by atoms with Gasteiger partial charge in [-0.25, -0.2) is 17.9 Å². The summed E-state index contributed by atoms with van der Waals surface area (Å²) in [7, 11) is -2.58. The Labute approximate surface area is 124 Å². The molecule has 21 heavy (non-hydrogen) atoms. The van der Waals surface area contributed by atoms with Gasteiger partial charge in [0.15, 0.2) is 0 Å². The molecule has 116 valence electrons. The molecule has 0 aliphatic heterocycles. The van der Waals surface area contributed by atoms with Crippen LogP contribution in [-0.4, -0.2) is 27.5 Å². The van der Waals surface area contributed by atoms with Crippen LogP contribution >= 0.6 is 0 Å². The summed E-state index contributed by atoms with van der Waals surface area (Å²) < 4.78 is 32.4. The highest BCUT2D eigenvalue weighted by Crippen LogP contribution is 2.27. The van der Waals surface area contributed by atoms with E-state index in [-0.39, 0.29) is 22.4 Å². The number of benzene rings is 1. The van der Waals surface area contributed by atoms with E-state index in [1.165, 1.54) is 25.3 Å². The van der Waals surface area contributed by atoms with Gasteiger partial charge in [0, 0.05) is 11.7 Å². The molecular formula is C14H20N2O4S. The standard InChI is InChI=1S/C14H20N2O4S/c1-9-4-3-5-12(9)16-21(18,19)13-7-6-10(15)8-11(13)14(17)20-2/h6-9,12,16H,3-5,15H2,1-2H3. The summed E-state index contributed by atoms with van der Waals surface area (Å²) in [5, 5.41) is 0. The summed E-state index contributed by atoms with van der Waals surface area (Å²) in [4.78, 5) is 11.7. The van der Waals surface area contributed by atoms with Crippen molar-refractivity contribution in [3.8, 4) is 0 Å². The highest BCUT2D eigenvalue weighted by molar-refractivity contribution is 7.89. The van der Waals surface area contributed by atoms with Crippen molar-refractivity contribution >= 4 is 21.7 Å². The Kier molecular flexibility index (Phi) is 4.53. The summed E-state index contributed by atoms with van der Waals surface area (Å²) in [6, 6.07) is 4.01. The number of esters is 1. The third-order valence-corrected chi connectivity index (χ3v) is 5.41. The summed E-state index contributed by atoms with van der Waals surface area (Å²) in [6.45, 7) is 2.02. The van der Waals surface area contributed by atoms with Gasteiger partial charge >= 0.3 is 5.97 Å². The maximum atomic E-state index is 12.5. The van der Waals surface area contributed by atoms with Gasteiger partial charge in [-0.1, -0.05) is 13.3 Å². The number of nitrogen functional groups attached to an aromatic ring is 1. The predicted octanol–water partition coefficient (Wildman–Crippen LogP) is 1.52. The van der Waals surface area contributed by atoms with Crippen molar-refractivity contribution in [2.24, 2.45) is 5.92 Å². The maximum absolute atomic E-state index is 12.5. The normalized spacial score (nSPS) is 22.2. The van der Waals surface area contributed by atoms with Crippen molar-refractivity contribution in [2.45, 2.75) is 37.1 Å². The van der Waals surface area contributed by atoms with E-state index in [1.807, 2.05) is 6.92 Å². The van der Waals surface area contributed by atoms with Crippen LogP contribution in [0.4, 0.5) is 5.69 Å². The molecule has 1 saturated carbocycles. The smallest absolute Gasteiger partial charge is 0.339 e. The molecule has 0 radical (unpaired) electrons. The van der Waals surface area contributed by atoms with Crippen LogP contribution in [0.5, 0.6) is 0 Å². The molecular weight excluding hydrogens is 292 g/mol. The number of nitrogens with one attached hydrogen (secondary N) is 1. The third kappa shape index (κ3) is 3.36. The van der Waals surface area contributed by atoms with Crippen LogP contribution in [0.2, 0.25) is 0 Å². The SMILES string of the molecule is COC(=O)c1cc(N)ccc1S(=O)(=O)NC1CCCC1C. The first-order valence-electron chi connectivity index (χ1n) is 6.85. The fourth-order valence-electron chi connectivity index (χ4n) is 2.63. The second-order valence-corrected chi connectivity index (χ2v) is 7.07. The highest BCUT2D eigenvalue weighted by Gasteiger charge is 2.30. The van der Waals surface area contributed by atoms with Gasteiger partial charge in [-0.05, 0) is 37.0 Å². The van der Waals surface area contributed by atoms with E-state index in [0.29, 0.717) is 5.69 Å². The number of carbonyl (C=O) groups is 1. The number of ether oxygens (including phenoxy) is 1. The molecule has 0 saturated heterocycles. The van der Waals surface area contributed by atoms with E-state index in [4.69, 9.17) is 5.73 Å². The fourth-order valence-corrected chi connectivity index (χ4v) is 4.19. The van der Waals surface area contributed by atoms with E-state index in [9.17, 15) is 13.2 Å². The Morgan fingerprint density at radius 1 is 1.38 bits per heavy atom. The first-order chi connectivity index (χ1) is 9.85. The lowest BCUT2D eigenvalue weighted by Gasteiger charge is -2.18. The number of rotatable bonds is 4. The van der Waals surface area contributed by atoms with E-state index < -0.39 is 16.0 Å². The molecule has 2 atom stereocenters. The Morgan fingerprint density at radius 3 is 2.67 bits per heavy atom. The average Bonchev–Trinajstić information content (AvgIpc) is 2.82. The molecule has 0 amide bonds. The lowest BCUT2D eigenvalue weighted by Crippen LogP contribution is -2.37. The first-order valence-corrected chi connectivity index (χ1v) is 8.33. The second-order valence-electron chi connectivity index (χ2n) is 5.38. The number of carbonyl (C=O) groups excluding carboxylic acids is 1. The molecule has 0 heterocycles. The van der Waals surface area contributed by atoms with Gasteiger partial charge in [-0.15, -0.1) is 0 Å². The third-order valence-electron chi connectivity index (χ3n) is 3.87. The highest BCUT2D eigenvalue weighted by atomic mass is 32.2. The zero-order chi connectivity index (χ0) is 15.6. The number of hydrogen-bond donors (Lipinski definition) is 2. The number of sulfonamides is 1. The van der Waals surface area contributed by atoms with Crippen LogP contribution < -0.4 is 10.5 Å². The van der Waals surface area contributed by atoms with Crippen molar-refractivity contribution in [3.63, 3.8) is 0 Å². The van der Waals surface area contributed by atoms with Gasteiger partial charge in [0.2, 0.25) is 10.0 Å². The van der Waals surface area contributed by atoms with Crippen molar-refractivity contribution in [1.29, 1.82) is 0 Å². The first kappa shape index (κ1) is 15.8. The van der Waals surface area contributed by atoms with Gasteiger partial charge in [-0.3, -0.25) is 0 Å². The van der Waals surface area contributed by atoms with Crippen LogP contribution in [-0.2, 0) is 14.8 Å². The minimum atomic E-state index is -3.79. The van der Waals surface area contributed by atoms with Crippen molar-refractivity contribution in [1.82, 2.24) is 4.72 Å². The molecule has 1 aliphatic rings. The molecule has 7 heteroatoms. The second kappa shape index (κ2) is 6.03. The predicted molar refractivity (Wildman–Crippen MR) is 79.3 cm³/mol. The monoisotopic (exact) mass is 312 g/mol. The molecule has 2 unspecified atom stereocenters. The maximum Gasteiger partial charge on any atom is 0.339 e. The van der Waals surface area contributed by atoms with Gasteiger partial charge < -0.3 is 10.5 Å². The Bertz CT molecular complexity index is 642. The quantitative estimate of drug-likeness (QED) is 0.649. The summed E-state index contributed by atoms with van der Waals surface area (Å²) in [5.41, 5.74) is 5.89.